The minimum atomic E-state index is 1.08. The molecule has 0 aliphatic rings. The average molecular weight is 300 g/mol. The lowest BCUT2D eigenvalue weighted by atomic mass is 10.1. The molecule has 0 saturated carbocycles. The van der Waals surface area contributed by atoms with E-state index in [9.17, 15) is 0 Å². The summed E-state index contributed by atoms with van der Waals surface area (Å²) in [5.74, 6) is 0. The highest BCUT2D eigenvalue weighted by atomic mass is 79.9. The van der Waals surface area contributed by atoms with E-state index in [1.54, 1.807) is 0 Å². The third-order valence-corrected chi connectivity index (χ3v) is 3.94. The SMILES string of the molecule is CCc1ccc(-c2cc3cccc(Br)c3[nH]2)cc1. The maximum absolute atomic E-state index is 3.57. The van der Waals surface area contributed by atoms with Crippen molar-refractivity contribution in [3.63, 3.8) is 0 Å². The van der Waals surface area contributed by atoms with Crippen molar-refractivity contribution >= 4 is 26.8 Å². The van der Waals surface area contributed by atoms with Gasteiger partial charge in [0.15, 0.2) is 0 Å². The summed E-state index contributed by atoms with van der Waals surface area (Å²) in [6.07, 6.45) is 1.08. The third kappa shape index (κ3) is 1.97. The molecule has 0 fully saturated rings. The molecule has 3 rings (SSSR count). The summed E-state index contributed by atoms with van der Waals surface area (Å²) < 4.78 is 1.11. The summed E-state index contributed by atoms with van der Waals surface area (Å²) in [5, 5.41) is 1.24. The maximum atomic E-state index is 3.57. The summed E-state index contributed by atoms with van der Waals surface area (Å²) in [6, 6.07) is 17.2. The van der Waals surface area contributed by atoms with Gasteiger partial charge in [-0.2, -0.15) is 0 Å². The molecular weight excluding hydrogens is 286 g/mol. The first kappa shape index (κ1) is 11.5. The molecule has 1 nitrogen and oxygen atoms in total. The normalized spacial score (nSPS) is 11.0. The Morgan fingerprint density at radius 1 is 1.06 bits per heavy atom. The Kier molecular flexibility index (Phi) is 2.96. The van der Waals surface area contributed by atoms with Gasteiger partial charge in [-0.25, -0.2) is 0 Å². The second-order valence-electron chi connectivity index (χ2n) is 4.44. The first-order valence-electron chi connectivity index (χ1n) is 6.14. The lowest BCUT2D eigenvalue weighted by molar-refractivity contribution is 1.14. The lowest BCUT2D eigenvalue weighted by Gasteiger charge is -2.00. The highest BCUT2D eigenvalue weighted by Crippen LogP contribution is 2.28. The minimum absolute atomic E-state index is 1.08. The van der Waals surface area contributed by atoms with E-state index in [1.165, 1.54) is 22.2 Å². The van der Waals surface area contributed by atoms with E-state index >= 15 is 0 Å². The van der Waals surface area contributed by atoms with Crippen molar-refractivity contribution in [1.82, 2.24) is 4.98 Å². The van der Waals surface area contributed by atoms with Crippen LogP contribution in [0.25, 0.3) is 22.2 Å². The van der Waals surface area contributed by atoms with E-state index in [-0.39, 0.29) is 0 Å². The smallest absolute Gasteiger partial charge is 0.0603 e. The Balaban J connectivity index is 2.10. The Morgan fingerprint density at radius 3 is 2.50 bits per heavy atom. The van der Waals surface area contributed by atoms with Gasteiger partial charge in [-0.1, -0.05) is 43.3 Å². The number of rotatable bonds is 2. The first-order chi connectivity index (χ1) is 8.78. The number of fused-ring (bicyclic) bond motifs is 1. The predicted molar refractivity (Wildman–Crippen MR) is 80.8 cm³/mol. The Morgan fingerprint density at radius 2 is 1.83 bits per heavy atom. The monoisotopic (exact) mass is 299 g/mol. The van der Waals surface area contributed by atoms with Gasteiger partial charge >= 0.3 is 0 Å². The number of hydrogen-bond donors (Lipinski definition) is 1. The molecule has 18 heavy (non-hydrogen) atoms. The molecule has 1 heterocycles. The number of aromatic nitrogens is 1. The highest BCUT2D eigenvalue weighted by Gasteiger charge is 2.05. The van der Waals surface area contributed by atoms with Crippen molar-refractivity contribution in [3.8, 4) is 11.3 Å². The van der Waals surface area contributed by atoms with E-state index in [2.05, 4.69) is 76.4 Å². The third-order valence-electron chi connectivity index (χ3n) is 3.28. The van der Waals surface area contributed by atoms with Crippen LogP contribution in [0, 0.1) is 0 Å². The van der Waals surface area contributed by atoms with Gasteiger partial charge in [0.25, 0.3) is 0 Å². The number of H-pyrrole nitrogens is 1. The maximum Gasteiger partial charge on any atom is 0.0603 e. The van der Waals surface area contributed by atoms with Gasteiger partial charge in [0.05, 0.1) is 5.52 Å². The van der Waals surface area contributed by atoms with Gasteiger partial charge in [0, 0.05) is 15.6 Å². The average Bonchev–Trinajstić information content (AvgIpc) is 2.84. The second kappa shape index (κ2) is 4.62. The van der Waals surface area contributed by atoms with Crippen LogP contribution in [0.1, 0.15) is 12.5 Å². The Hall–Kier alpha value is -1.54. The quantitative estimate of drug-likeness (QED) is 0.673. The van der Waals surface area contributed by atoms with Gasteiger partial charge in [-0.05, 0) is 45.6 Å². The molecule has 0 aliphatic heterocycles. The summed E-state index contributed by atoms with van der Waals surface area (Å²) in [4.78, 5) is 3.47. The van der Waals surface area contributed by atoms with E-state index < -0.39 is 0 Å². The van der Waals surface area contributed by atoms with E-state index in [0.29, 0.717) is 0 Å². The molecule has 0 saturated heterocycles. The van der Waals surface area contributed by atoms with Crippen LogP contribution >= 0.6 is 15.9 Å². The largest absolute Gasteiger partial charge is 0.354 e. The molecule has 0 atom stereocenters. The summed E-state index contributed by atoms with van der Waals surface area (Å²) in [6.45, 7) is 2.18. The summed E-state index contributed by atoms with van der Waals surface area (Å²) in [5.41, 5.74) is 4.93. The molecule has 0 spiro atoms. The zero-order chi connectivity index (χ0) is 12.5. The molecule has 3 aromatic rings. The molecule has 0 aliphatic carbocycles. The molecule has 1 aromatic heterocycles. The molecule has 2 heteroatoms. The van der Waals surface area contributed by atoms with Gasteiger partial charge in [0.2, 0.25) is 0 Å². The molecular formula is C16H14BrN. The van der Waals surface area contributed by atoms with Crippen LogP contribution in [0.3, 0.4) is 0 Å². The standard InChI is InChI=1S/C16H14BrN/c1-2-11-6-8-12(9-7-11)15-10-13-4-3-5-14(17)16(13)18-15/h3-10,18H,2H2,1H3. The Labute approximate surface area is 115 Å². The van der Waals surface area contributed by atoms with Gasteiger partial charge in [-0.3, -0.25) is 0 Å². The minimum Gasteiger partial charge on any atom is -0.354 e. The van der Waals surface area contributed by atoms with Crippen LogP contribution in [0.5, 0.6) is 0 Å². The van der Waals surface area contributed by atoms with Crippen LogP contribution in [-0.2, 0) is 6.42 Å². The highest BCUT2D eigenvalue weighted by molar-refractivity contribution is 9.10. The van der Waals surface area contributed by atoms with Gasteiger partial charge in [0.1, 0.15) is 0 Å². The number of benzene rings is 2. The number of aromatic amines is 1. The van der Waals surface area contributed by atoms with Gasteiger partial charge in [-0.15, -0.1) is 0 Å². The Bertz CT molecular complexity index is 680. The first-order valence-corrected chi connectivity index (χ1v) is 6.94. The molecule has 0 amide bonds. The second-order valence-corrected chi connectivity index (χ2v) is 5.29. The van der Waals surface area contributed by atoms with Crippen LogP contribution in [0.4, 0.5) is 0 Å². The summed E-state index contributed by atoms with van der Waals surface area (Å²) >= 11 is 3.57. The van der Waals surface area contributed by atoms with Crippen molar-refractivity contribution < 1.29 is 0 Å². The van der Waals surface area contributed by atoms with Crippen molar-refractivity contribution in [1.29, 1.82) is 0 Å². The molecule has 0 unspecified atom stereocenters. The number of para-hydroxylation sites is 1. The lowest BCUT2D eigenvalue weighted by Crippen LogP contribution is -1.81. The zero-order valence-electron chi connectivity index (χ0n) is 10.2. The zero-order valence-corrected chi connectivity index (χ0v) is 11.8. The fourth-order valence-electron chi connectivity index (χ4n) is 2.19. The number of aryl methyl sites for hydroxylation is 1. The van der Waals surface area contributed by atoms with E-state index in [1.807, 2.05) is 0 Å². The van der Waals surface area contributed by atoms with Gasteiger partial charge < -0.3 is 4.98 Å². The van der Waals surface area contributed by atoms with Crippen molar-refractivity contribution in [2.24, 2.45) is 0 Å². The van der Waals surface area contributed by atoms with Crippen LogP contribution < -0.4 is 0 Å². The van der Waals surface area contributed by atoms with Crippen molar-refractivity contribution in [2.75, 3.05) is 0 Å². The molecule has 2 aromatic carbocycles. The fourth-order valence-corrected chi connectivity index (χ4v) is 2.68. The van der Waals surface area contributed by atoms with Crippen molar-refractivity contribution in [2.45, 2.75) is 13.3 Å². The number of nitrogens with one attached hydrogen (secondary N) is 1. The van der Waals surface area contributed by atoms with Crippen LogP contribution in [0.15, 0.2) is 53.0 Å². The molecule has 1 N–H and O–H groups in total. The van der Waals surface area contributed by atoms with E-state index in [4.69, 9.17) is 0 Å². The number of halogens is 1. The summed E-state index contributed by atoms with van der Waals surface area (Å²) in [7, 11) is 0. The molecule has 0 bridgehead atoms. The number of hydrogen-bond acceptors (Lipinski definition) is 0. The topological polar surface area (TPSA) is 15.8 Å². The predicted octanol–water partition coefficient (Wildman–Crippen LogP) is 5.16. The fraction of sp³-hybridized carbons (Fsp3) is 0.125. The van der Waals surface area contributed by atoms with Crippen LogP contribution in [-0.4, -0.2) is 4.98 Å². The molecule has 0 radical (unpaired) electrons. The molecule has 90 valence electrons. The van der Waals surface area contributed by atoms with E-state index in [0.717, 1.165) is 16.4 Å². The van der Waals surface area contributed by atoms with Crippen molar-refractivity contribution in [3.05, 3.63) is 58.6 Å². The van der Waals surface area contributed by atoms with Crippen LogP contribution in [0.2, 0.25) is 0 Å².